The summed E-state index contributed by atoms with van der Waals surface area (Å²) in [6.07, 6.45) is 15.3. The molecule has 3 aliphatic heterocycles. The van der Waals surface area contributed by atoms with Crippen LogP contribution in [-0.4, -0.2) is 132 Å². The number of anilines is 1. The second kappa shape index (κ2) is 26.5. The van der Waals surface area contributed by atoms with Crippen molar-refractivity contribution in [2.24, 2.45) is 11.8 Å². The maximum atomic E-state index is 14.5. The number of alkyl carbamates (subject to hydrolysis) is 1. The van der Waals surface area contributed by atoms with Gasteiger partial charge < -0.3 is 50.0 Å². The highest BCUT2D eigenvalue weighted by atomic mass is 32.1. The molecule has 0 spiro atoms. The summed E-state index contributed by atoms with van der Waals surface area (Å²) in [5.41, 5.74) is 7.67. The summed E-state index contributed by atoms with van der Waals surface area (Å²) < 4.78 is 4.95. The molecule has 0 unspecified atom stereocenters. The molecule has 20 heteroatoms. The first-order chi connectivity index (χ1) is 41.4. The first kappa shape index (κ1) is 58.1. The number of ether oxygens (including phenoxy) is 1. The first-order valence-corrected chi connectivity index (χ1v) is 30.7. The second-order valence-electron chi connectivity index (χ2n) is 22.9. The number of carbonyl (C=O) groups is 6. The molecule has 7 aromatic rings. The number of carboxylic acids is 1. The lowest BCUT2D eigenvalue weighted by molar-refractivity contribution is -0.134. The molecular formula is C65H73N11O8S. The summed E-state index contributed by atoms with van der Waals surface area (Å²) in [5, 5.41) is 16.2. The Bertz CT molecular complexity index is 3460. The van der Waals surface area contributed by atoms with E-state index in [9.17, 15) is 33.9 Å². The molecule has 7 heterocycles. The maximum Gasteiger partial charge on any atom is 0.407 e. The van der Waals surface area contributed by atoms with Crippen LogP contribution in [0.25, 0.3) is 44.1 Å². The Morgan fingerprint density at radius 2 is 1.29 bits per heavy atom. The van der Waals surface area contributed by atoms with Gasteiger partial charge in [-0.15, -0.1) is 11.3 Å². The third kappa shape index (κ3) is 13.2. The number of carboxylic acid groups (broad SMARTS) is 1. The average Bonchev–Trinajstić information content (AvgIpc) is 3.35. The Hall–Kier alpha value is -8.65. The number of nitrogens with zero attached hydrogens (tertiary/aromatic N) is 7. The largest absolute Gasteiger partial charge is 0.477 e. The normalized spacial score (nSPS) is 19.3. The number of aromatic nitrogens is 5. The summed E-state index contributed by atoms with van der Waals surface area (Å²) in [6, 6.07) is 29.7. The zero-order valence-corrected chi connectivity index (χ0v) is 48.9. The van der Waals surface area contributed by atoms with E-state index in [0.29, 0.717) is 94.2 Å². The van der Waals surface area contributed by atoms with Crippen LogP contribution in [0, 0.1) is 11.8 Å². The molecule has 4 aliphatic rings. The summed E-state index contributed by atoms with van der Waals surface area (Å²) in [5.74, 6) is 0.457. The molecule has 3 saturated heterocycles. The van der Waals surface area contributed by atoms with Gasteiger partial charge in [0.2, 0.25) is 11.8 Å². The van der Waals surface area contributed by atoms with Crippen LogP contribution in [0.2, 0.25) is 0 Å². The van der Waals surface area contributed by atoms with Crippen LogP contribution >= 0.6 is 11.3 Å². The predicted octanol–water partition coefficient (Wildman–Crippen LogP) is 11.5. The minimum absolute atomic E-state index is 0.0189. The monoisotopic (exact) mass is 1170 g/mol. The molecule has 19 nitrogen and oxygen atoms in total. The molecule has 3 aromatic carbocycles. The SMILES string of the molecule is COC(=O)N[C@@H](CCCCNC(=O)N1CCC(N(C(=O)C2CCC(C)CC2)c2cc(-c3ccccc3)sc2C(=O)O)CC1)C(=O)N1CCC[C@H]1c1ncc(-c2ccc(-c3ccc(-c4cnc([C@@H]5CCCN5C(=O)c5ccncc5)[nH]4)cc3)cc2)[nH]1. The quantitative estimate of drug-likeness (QED) is 0.0506. The molecular weight excluding hydrogens is 1090 g/mol. The van der Waals surface area contributed by atoms with Crippen LogP contribution in [0.15, 0.2) is 122 Å². The van der Waals surface area contributed by atoms with Gasteiger partial charge in [-0.2, -0.15) is 0 Å². The number of rotatable bonds is 18. The molecule has 4 fully saturated rings. The van der Waals surface area contributed by atoms with Gasteiger partial charge in [-0.3, -0.25) is 19.4 Å². The molecule has 0 bridgehead atoms. The van der Waals surface area contributed by atoms with Gasteiger partial charge in [0.1, 0.15) is 22.6 Å². The number of hydrogen-bond acceptors (Lipinski definition) is 11. The van der Waals surface area contributed by atoms with Crippen molar-refractivity contribution in [1.82, 2.24) is 50.3 Å². The Balaban J connectivity index is 0.666. The molecule has 85 heavy (non-hydrogen) atoms. The van der Waals surface area contributed by atoms with E-state index in [1.807, 2.05) is 59.6 Å². The van der Waals surface area contributed by atoms with Crippen molar-refractivity contribution in [2.45, 2.75) is 115 Å². The molecule has 1 saturated carbocycles. The fourth-order valence-corrected chi connectivity index (χ4v) is 13.7. The van der Waals surface area contributed by atoms with E-state index in [1.54, 1.807) is 45.4 Å². The lowest BCUT2D eigenvalue weighted by atomic mass is 9.82. The Morgan fingerprint density at radius 3 is 1.89 bits per heavy atom. The van der Waals surface area contributed by atoms with Crippen molar-refractivity contribution in [3.63, 3.8) is 0 Å². The van der Waals surface area contributed by atoms with Crippen molar-refractivity contribution in [3.8, 4) is 44.1 Å². The lowest BCUT2D eigenvalue weighted by Gasteiger charge is -2.40. The third-order valence-electron chi connectivity index (χ3n) is 17.4. The van der Waals surface area contributed by atoms with E-state index in [1.165, 1.54) is 18.4 Å². The number of nitrogens with one attached hydrogen (secondary N) is 4. The van der Waals surface area contributed by atoms with Gasteiger partial charge in [0.25, 0.3) is 5.91 Å². The van der Waals surface area contributed by atoms with Gasteiger partial charge in [-0.05, 0) is 135 Å². The number of imidazole rings is 2. The smallest absolute Gasteiger partial charge is 0.407 e. The molecule has 11 rings (SSSR count). The highest BCUT2D eigenvalue weighted by Crippen LogP contribution is 2.42. The van der Waals surface area contributed by atoms with Crippen LogP contribution in [0.5, 0.6) is 0 Å². The van der Waals surface area contributed by atoms with Crippen LogP contribution in [0.4, 0.5) is 15.3 Å². The van der Waals surface area contributed by atoms with E-state index in [-0.39, 0.29) is 52.7 Å². The Kier molecular flexibility index (Phi) is 18.1. The van der Waals surface area contributed by atoms with Gasteiger partial charge in [0.05, 0.1) is 48.7 Å². The molecule has 5 N–H and O–H groups in total. The van der Waals surface area contributed by atoms with Crippen LogP contribution in [0.1, 0.15) is 134 Å². The number of amides is 6. The topological polar surface area (TPSA) is 239 Å². The Morgan fingerprint density at radius 1 is 0.706 bits per heavy atom. The fourth-order valence-electron chi connectivity index (χ4n) is 12.7. The average molecular weight is 1170 g/mol. The van der Waals surface area contributed by atoms with Crippen LogP contribution in [0.3, 0.4) is 0 Å². The minimum Gasteiger partial charge on any atom is -0.477 e. The van der Waals surface area contributed by atoms with Gasteiger partial charge in [-0.1, -0.05) is 85.8 Å². The van der Waals surface area contributed by atoms with Gasteiger partial charge in [0, 0.05) is 67.5 Å². The number of aromatic amines is 2. The number of benzene rings is 3. The van der Waals surface area contributed by atoms with Gasteiger partial charge in [-0.25, -0.2) is 24.4 Å². The number of piperidine rings is 1. The predicted molar refractivity (Wildman–Crippen MR) is 324 cm³/mol. The minimum atomic E-state index is -1.07. The first-order valence-electron chi connectivity index (χ1n) is 29.9. The fraction of sp³-hybridized carbons (Fsp3) is 0.400. The number of H-pyrrole nitrogens is 2. The summed E-state index contributed by atoms with van der Waals surface area (Å²) >= 11 is 1.18. The van der Waals surface area contributed by atoms with Crippen molar-refractivity contribution in [3.05, 3.63) is 144 Å². The number of carbonyl (C=O) groups excluding carboxylic acids is 5. The number of pyridine rings is 1. The number of thiophene rings is 1. The second-order valence-corrected chi connectivity index (χ2v) is 23.9. The number of likely N-dealkylation sites (tertiary alicyclic amines) is 3. The number of aromatic carboxylic acids is 1. The molecule has 0 radical (unpaired) electrons. The zero-order valence-electron chi connectivity index (χ0n) is 48.1. The van der Waals surface area contributed by atoms with E-state index in [4.69, 9.17) is 14.7 Å². The summed E-state index contributed by atoms with van der Waals surface area (Å²) in [7, 11) is 1.27. The third-order valence-corrected chi connectivity index (χ3v) is 18.6. The highest BCUT2D eigenvalue weighted by Gasteiger charge is 2.40. The maximum absolute atomic E-state index is 14.5. The molecule has 442 valence electrons. The summed E-state index contributed by atoms with van der Waals surface area (Å²) in [6.45, 7) is 4.53. The standard InChI is InChI=1S/C65H73N11O8S/c1-41-15-17-47(18-16-41)61(78)76(55-38-56(85-57(55)63(80)81)46-10-4-3-5-11-46)49-29-36-73(37-30-49)64(82)67-31-7-6-12-50(72-65(83)84-2)62(79)75-35-9-14-54(75)59-69-40-52(71-59)45-25-21-43(22-26-45)42-19-23-44(24-20-42)51-39-68-58(70-51)53-13-8-34-74(53)60(77)48-27-32-66-33-28-48/h3-5,10-11,19-28,32-33,38-41,47,49-50,53-54H,6-9,12-18,29-31,34-37H2,1-2H3,(H,67,82)(H,68,70)(H,69,71)(H,72,83)(H,80,81)/t41?,47?,50-,53-,54-/m0/s1. The van der Waals surface area contributed by atoms with Gasteiger partial charge >= 0.3 is 18.1 Å². The molecule has 6 amide bonds. The van der Waals surface area contributed by atoms with Crippen molar-refractivity contribution in [1.29, 1.82) is 0 Å². The number of hydrogen-bond donors (Lipinski definition) is 5. The number of methoxy groups -OCH3 is 1. The van der Waals surface area contributed by atoms with Crippen molar-refractivity contribution < 1.29 is 38.6 Å². The number of urea groups is 1. The highest BCUT2D eigenvalue weighted by molar-refractivity contribution is 7.18. The van der Waals surface area contributed by atoms with Crippen molar-refractivity contribution >= 4 is 52.8 Å². The van der Waals surface area contributed by atoms with E-state index in [2.05, 4.69) is 68.9 Å². The zero-order chi connectivity index (χ0) is 59.0. The van der Waals surface area contributed by atoms with Crippen LogP contribution in [-0.2, 0) is 14.3 Å². The van der Waals surface area contributed by atoms with E-state index in [0.717, 1.165) is 94.9 Å². The van der Waals surface area contributed by atoms with E-state index < -0.39 is 18.1 Å². The summed E-state index contributed by atoms with van der Waals surface area (Å²) in [4.78, 5) is 110. The molecule has 1 aliphatic carbocycles. The van der Waals surface area contributed by atoms with Gasteiger partial charge in [0.15, 0.2) is 0 Å². The van der Waals surface area contributed by atoms with Crippen molar-refractivity contribution in [2.75, 3.05) is 44.7 Å². The molecule has 3 atom stereocenters. The number of unbranched alkanes of at least 4 members (excludes halogenated alkanes) is 1. The Labute approximate surface area is 498 Å². The van der Waals surface area contributed by atoms with Crippen LogP contribution < -0.4 is 15.5 Å². The lowest BCUT2D eigenvalue weighted by Crippen LogP contribution is -2.52. The van der Waals surface area contributed by atoms with E-state index >= 15 is 0 Å². The molecule has 4 aromatic heterocycles.